The molecule has 1 aliphatic heterocycles. The van der Waals surface area contributed by atoms with Crippen molar-refractivity contribution in [3.8, 4) is 0 Å². The monoisotopic (exact) mass is 302 g/mol. The fraction of sp³-hybridized carbons (Fsp3) is 0.375. The van der Waals surface area contributed by atoms with Crippen LogP contribution in [0.3, 0.4) is 0 Å². The number of aromatic nitrogens is 1. The second-order valence-corrected chi connectivity index (χ2v) is 6.07. The Morgan fingerprint density at radius 2 is 2.24 bits per heavy atom. The van der Waals surface area contributed by atoms with Gasteiger partial charge in [0, 0.05) is 18.5 Å². The fourth-order valence-electron chi connectivity index (χ4n) is 2.35. The van der Waals surface area contributed by atoms with E-state index in [-0.39, 0.29) is 12.0 Å². The summed E-state index contributed by atoms with van der Waals surface area (Å²) in [6, 6.07) is 12.0. The lowest BCUT2D eigenvalue weighted by Gasteiger charge is -2.10. The normalized spacial score (nSPS) is 18.0. The van der Waals surface area contributed by atoms with Crippen molar-refractivity contribution >= 4 is 28.6 Å². The number of hydrogen-bond donors (Lipinski definition) is 1. The lowest BCUT2D eigenvalue weighted by atomic mass is 10.2. The van der Waals surface area contributed by atoms with Crippen LogP contribution < -0.4 is 5.32 Å². The van der Waals surface area contributed by atoms with E-state index in [9.17, 15) is 4.79 Å². The standard InChI is InChI=1S/C16H18N2O2S/c19-15(17-10-13-5-3-9-20-13)11-21-16-8-7-12-4-1-2-6-14(12)18-16/h1-2,4,6-8,13H,3,5,9-11H2,(H,17,19). The quantitative estimate of drug-likeness (QED) is 0.863. The zero-order chi connectivity index (χ0) is 14.5. The Labute approximate surface area is 128 Å². The van der Waals surface area contributed by atoms with Crippen LogP contribution in [0.25, 0.3) is 10.9 Å². The molecule has 1 aromatic heterocycles. The molecule has 1 N–H and O–H groups in total. The second kappa shape index (κ2) is 6.91. The molecule has 1 atom stereocenters. The van der Waals surface area contributed by atoms with Gasteiger partial charge < -0.3 is 10.1 Å². The van der Waals surface area contributed by atoms with Crippen molar-refractivity contribution in [2.45, 2.75) is 24.0 Å². The molecule has 5 heteroatoms. The molecular formula is C16H18N2O2S. The first-order valence-electron chi connectivity index (χ1n) is 7.18. The number of thioether (sulfide) groups is 1. The van der Waals surface area contributed by atoms with Gasteiger partial charge >= 0.3 is 0 Å². The van der Waals surface area contributed by atoms with Gasteiger partial charge in [0.15, 0.2) is 0 Å². The smallest absolute Gasteiger partial charge is 0.230 e. The van der Waals surface area contributed by atoms with Crippen LogP contribution in [0.1, 0.15) is 12.8 Å². The minimum Gasteiger partial charge on any atom is -0.376 e. The minimum atomic E-state index is 0.0328. The molecule has 4 nitrogen and oxygen atoms in total. The summed E-state index contributed by atoms with van der Waals surface area (Å²) in [6.45, 7) is 1.43. The number of fused-ring (bicyclic) bond motifs is 1. The Morgan fingerprint density at radius 1 is 1.33 bits per heavy atom. The molecule has 1 fully saturated rings. The van der Waals surface area contributed by atoms with Gasteiger partial charge in [-0.1, -0.05) is 36.0 Å². The molecule has 1 unspecified atom stereocenters. The highest BCUT2D eigenvalue weighted by Gasteiger charge is 2.16. The van der Waals surface area contributed by atoms with Crippen molar-refractivity contribution in [1.29, 1.82) is 0 Å². The Bertz CT molecular complexity index is 626. The minimum absolute atomic E-state index is 0.0328. The summed E-state index contributed by atoms with van der Waals surface area (Å²) in [5, 5.41) is 4.91. The molecule has 0 aliphatic carbocycles. The number of ether oxygens (including phenoxy) is 1. The molecule has 1 aliphatic rings. The number of rotatable bonds is 5. The average molecular weight is 302 g/mol. The van der Waals surface area contributed by atoms with Gasteiger partial charge in [0.05, 0.1) is 22.4 Å². The summed E-state index contributed by atoms with van der Waals surface area (Å²) >= 11 is 1.46. The van der Waals surface area contributed by atoms with Crippen molar-refractivity contribution in [2.24, 2.45) is 0 Å². The molecular weight excluding hydrogens is 284 g/mol. The summed E-state index contributed by atoms with van der Waals surface area (Å²) in [5.74, 6) is 0.420. The van der Waals surface area contributed by atoms with Crippen molar-refractivity contribution in [3.05, 3.63) is 36.4 Å². The molecule has 0 radical (unpaired) electrons. The van der Waals surface area contributed by atoms with Crippen LogP contribution in [0.4, 0.5) is 0 Å². The van der Waals surface area contributed by atoms with Crippen molar-refractivity contribution in [1.82, 2.24) is 10.3 Å². The van der Waals surface area contributed by atoms with Crippen molar-refractivity contribution in [3.63, 3.8) is 0 Å². The van der Waals surface area contributed by atoms with Crippen LogP contribution in [-0.4, -0.2) is 35.9 Å². The van der Waals surface area contributed by atoms with Crippen molar-refractivity contribution in [2.75, 3.05) is 18.9 Å². The summed E-state index contributed by atoms with van der Waals surface area (Å²) in [4.78, 5) is 16.4. The third-order valence-electron chi connectivity index (χ3n) is 3.47. The molecule has 1 saturated heterocycles. The van der Waals surface area contributed by atoms with E-state index in [2.05, 4.69) is 10.3 Å². The summed E-state index contributed by atoms with van der Waals surface area (Å²) in [7, 11) is 0. The molecule has 1 amide bonds. The van der Waals surface area contributed by atoms with Crippen LogP contribution in [-0.2, 0) is 9.53 Å². The maximum absolute atomic E-state index is 11.8. The third-order valence-corrected chi connectivity index (χ3v) is 4.40. The molecule has 3 rings (SSSR count). The number of pyridine rings is 1. The first-order chi connectivity index (χ1) is 10.3. The largest absolute Gasteiger partial charge is 0.376 e. The van der Waals surface area contributed by atoms with Gasteiger partial charge in [0.25, 0.3) is 0 Å². The van der Waals surface area contributed by atoms with E-state index in [4.69, 9.17) is 4.74 Å². The summed E-state index contributed by atoms with van der Waals surface area (Å²) in [6.07, 6.45) is 2.33. The highest BCUT2D eigenvalue weighted by molar-refractivity contribution is 7.99. The number of hydrogen-bond acceptors (Lipinski definition) is 4. The zero-order valence-electron chi connectivity index (χ0n) is 11.7. The predicted molar refractivity (Wildman–Crippen MR) is 84.5 cm³/mol. The number of para-hydroxylation sites is 1. The molecule has 2 aromatic rings. The zero-order valence-corrected chi connectivity index (χ0v) is 12.6. The second-order valence-electron chi connectivity index (χ2n) is 5.07. The van der Waals surface area contributed by atoms with E-state index in [1.54, 1.807) is 0 Å². The Hall–Kier alpha value is -1.59. The lowest BCUT2D eigenvalue weighted by molar-refractivity contribution is -0.119. The number of carbonyl (C=O) groups is 1. The van der Waals surface area contributed by atoms with Crippen LogP contribution in [0.2, 0.25) is 0 Å². The molecule has 110 valence electrons. The molecule has 0 bridgehead atoms. The van der Waals surface area contributed by atoms with E-state index in [1.807, 2.05) is 36.4 Å². The maximum atomic E-state index is 11.8. The number of nitrogens with one attached hydrogen (secondary N) is 1. The Morgan fingerprint density at radius 3 is 3.10 bits per heavy atom. The SMILES string of the molecule is O=C(CSc1ccc2ccccc2n1)NCC1CCCO1. The van der Waals surface area contributed by atoms with E-state index in [0.29, 0.717) is 12.3 Å². The summed E-state index contributed by atoms with van der Waals surface area (Å²) in [5.41, 5.74) is 0.960. The highest BCUT2D eigenvalue weighted by atomic mass is 32.2. The van der Waals surface area contributed by atoms with Gasteiger partial charge in [-0.25, -0.2) is 4.98 Å². The van der Waals surface area contributed by atoms with Crippen LogP contribution >= 0.6 is 11.8 Å². The molecule has 0 saturated carbocycles. The molecule has 21 heavy (non-hydrogen) atoms. The summed E-state index contributed by atoms with van der Waals surface area (Å²) < 4.78 is 5.48. The maximum Gasteiger partial charge on any atom is 0.230 e. The van der Waals surface area contributed by atoms with Gasteiger partial charge in [-0.05, 0) is 25.0 Å². The number of nitrogens with zero attached hydrogens (tertiary/aromatic N) is 1. The third kappa shape index (κ3) is 3.95. The Kier molecular flexibility index (Phi) is 4.72. The van der Waals surface area contributed by atoms with Crippen LogP contribution in [0.15, 0.2) is 41.4 Å². The highest BCUT2D eigenvalue weighted by Crippen LogP contribution is 2.19. The van der Waals surface area contributed by atoms with E-state index in [1.165, 1.54) is 11.8 Å². The van der Waals surface area contributed by atoms with E-state index >= 15 is 0 Å². The predicted octanol–water partition coefficient (Wildman–Crippen LogP) is 2.62. The topological polar surface area (TPSA) is 51.2 Å². The molecule has 1 aromatic carbocycles. The van der Waals surface area contributed by atoms with E-state index in [0.717, 1.165) is 35.4 Å². The van der Waals surface area contributed by atoms with Crippen molar-refractivity contribution < 1.29 is 9.53 Å². The van der Waals surface area contributed by atoms with E-state index < -0.39 is 0 Å². The fourth-order valence-corrected chi connectivity index (χ4v) is 3.06. The average Bonchev–Trinajstić information content (AvgIpc) is 3.04. The van der Waals surface area contributed by atoms with Gasteiger partial charge in [0.2, 0.25) is 5.91 Å². The number of amides is 1. The van der Waals surface area contributed by atoms with Gasteiger partial charge in [-0.2, -0.15) is 0 Å². The lowest BCUT2D eigenvalue weighted by Crippen LogP contribution is -2.32. The van der Waals surface area contributed by atoms with Crippen LogP contribution in [0.5, 0.6) is 0 Å². The van der Waals surface area contributed by atoms with Gasteiger partial charge in [-0.3, -0.25) is 4.79 Å². The molecule has 2 heterocycles. The number of benzene rings is 1. The Balaban J connectivity index is 1.49. The first kappa shape index (κ1) is 14.4. The van der Waals surface area contributed by atoms with Crippen LogP contribution in [0, 0.1) is 0 Å². The van der Waals surface area contributed by atoms with Gasteiger partial charge in [0.1, 0.15) is 0 Å². The molecule has 0 spiro atoms. The number of carbonyl (C=O) groups excluding carboxylic acids is 1. The first-order valence-corrected chi connectivity index (χ1v) is 8.17. The van der Waals surface area contributed by atoms with Gasteiger partial charge in [-0.15, -0.1) is 0 Å².